The highest BCUT2D eigenvalue weighted by Crippen LogP contribution is 2.29. The van der Waals surface area contributed by atoms with E-state index in [1.54, 1.807) is 22.4 Å². The van der Waals surface area contributed by atoms with Crippen LogP contribution in [-0.2, 0) is 16.1 Å². The molecule has 0 aromatic carbocycles. The normalized spacial score (nSPS) is 20.6. The molecule has 2 aliphatic rings. The Morgan fingerprint density at radius 2 is 2.07 bits per heavy atom. The third-order valence-electron chi connectivity index (χ3n) is 6.61. The predicted molar refractivity (Wildman–Crippen MR) is 112 cm³/mol. The second kappa shape index (κ2) is 9.11. The van der Waals surface area contributed by atoms with Gasteiger partial charge in [0.1, 0.15) is 0 Å². The SMILES string of the molecule is COCCn1c(=O)n([C@@H]2CCN(C(=O)CCC3CCCCC3)C2)c2ncccc21. The van der Waals surface area contributed by atoms with Crippen molar-refractivity contribution >= 4 is 17.1 Å². The van der Waals surface area contributed by atoms with Gasteiger partial charge in [-0.3, -0.25) is 13.9 Å². The van der Waals surface area contributed by atoms with E-state index >= 15 is 0 Å². The Hall–Kier alpha value is -2.15. The minimum absolute atomic E-state index is 0.0117. The summed E-state index contributed by atoms with van der Waals surface area (Å²) in [5, 5.41) is 0. The quantitative estimate of drug-likeness (QED) is 0.716. The van der Waals surface area contributed by atoms with Crippen LogP contribution in [0.3, 0.4) is 0 Å². The molecule has 0 spiro atoms. The molecule has 0 radical (unpaired) electrons. The molecule has 4 rings (SSSR count). The molecule has 0 N–H and O–H groups in total. The van der Waals surface area contributed by atoms with Crippen LogP contribution in [0.4, 0.5) is 0 Å². The van der Waals surface area contributed by atoms with Crippen molar-refractivity contribution in [3.63, 3.8) is 0 Å². The molecule has 2 aromatic rings. The molecule has 158 valence electrons. The number of likely N-dealkylation sites (tertiary alicyclic amines) is 1. The Bertz CT molecular complexity index is 897. The molecule has 1 saturated carbocycles. The van der Waals surface area contributed by atoms with Crippen LogP contribution in [0, 0.1) is 5.92 Å². The van der Waals surface area contributed by atoms with Gasteiger partial charge >= 0.3 is 5.69 Å². The van der Waals surface area contributed by atoms with Gasteiger partial charge in [-0.2, -0.15) is 0 Å². The Morgan fingerprint density at radius 1 is 1.24 bits per heavy atom. The smallest absolute Gasteiger partial charge is 0.330 e. The molecule has 2 aromatic heterocycles. The number of methoxy groups -OCH3 is 1. The lowest BCUT2D eigenvalue weighted by Gasteiger charge is -2.23. The summed E-state index contributed by atoms with van der Waals surface area (Å²) in [6, 6.07) is 3.77. The number of nitrogens with zero attached hydrogens (tertiary/aromatic N) is 4. The van der Waals surface area contributed by atoms with Gasteiger partial charge < -0.3 is 9.64 Å². The first-order chi connectivity index (χ1) is 14.2. The van der Waals surface area contributed by atoms with E-state index in [9.17, 15) is 9.59 Å². The highest BCUT2D eigenvalue weighted by atomic mass is 16.5. The summed E-state index contributed by atoms with van der Waals surface area (Å²) in [7, 11) is 1.64. The van der Waals surface area contributed by atoms with E-state index in [0.717, 1.165) is 30.8 Å². The number of aromatic nitrogens is 3. The van der Waals surface area contributed by atoms with Gasteiger partial charge in [0.15, 0.2) is 5.65 Å². The van der Waals surface area contributed by atoms with Crippen molar-refractivity contribution in [1.29, 1.82) is 0 Å². The Labute approximate surface area is 171 Å². The maximum atomic E-state index is 13.1. The molecule has 1 aliphatic carbocycles. The zero-order valence-corrected chi connectivity index (χ0v) is 17.4. The molecular formula is C22H32N4O3. The third-order valence-corrected chi connectivity index (χ3v) is 6.61. The lowest BCUT2D eigenvalue weighted by atomic mass is 9.86. The molecule has 1 aliphatic heterocycles. The lowest BCUT2D eigenvalue weighted by molar-refractivity contribution is -0.130. The Kier molecular flexibility index (Phi) is 6.33. The van der Waals surface area contributed by atoms with Crippen molar-refractivity contribution in [3.05, 3.63) is 28.8 Å². The molecule has 1 atom stereocenters. The second-order valence-corrected chi connectivity index (χ2v) is 8.47. The number of carbonyl (C=O) groups excluding carboxylic acids is 1. The largest absolute Gasteiger partial charge is 0.383 e. The zero-order valence-electron chi connectivity index (χ0n) is 17.4. The maximum absolute atomic E-state index is 13.1. The molecule has 3 heterocycles. The summed E-state index contributed by atoms with van der Waals surface area (Å²) >= 11 is 0. The number of pyridine rings is 1. The summed E-state index contributed by atoms with van der Waals surface area (Å²) < 4.78 is 8.69. The molecule has 1 saturated heterocycles. The van der Waals surface area contributed by atoms with Crippen LogP contribution in [0.15, 0.2) is 23.1 Å². The fraction of sp³-hybridized carbons (Fsp3) is 0.682. The summed E-state index contributed by atoms with van der Waals surface area (Å²) in [5.41, 5.74) is 1.48. The predicted octanol–water partition coefficient (Wildman–Crippen LogP) is 2.98. The van der Waals surface area contributed by atoms with Crippen molar-refractivity contribution in [3.8, 4) is 0 Å². The van der Waals surface area contributed by atoms with Gasteiger partial charge in [0.05, 0.1) is 24.7 Å². The van der Waals surface area contributed by atoms with Crippen molar-refractivity contribution in [2.45, 2.75) is 64.0 Å². The van der Waals surface area contributed by atoms with Gasteiger partial charge in [0, 0.05) is 32.8 Å². The molecule has 7 nitrogen and oxygen atoms in total. The van der Waals surface area contributed by atoms with Gasteiger partial charge in [-0.25, -0.2) is 9.78 Å². The highest BCUT2D eigenvalue weighted by Gasteiger charge is 2.31. The van der Waals surface area contributed by atoms with Crippen LogP contribution in [0.1, 0.15) is 57.4 Å². The molecule has 29 heavy (non-hydrogen) atoms. The Morgan fingerprint density at radius 3 is 2.86 bits per heavy atom. The third kappa shape index (κ3) is 4.25. The summed E-state index contributed by atoms with van der Waals surface area (Å²) in [6.45, 7) is 2.30. The van der Waals surface area contributed by atoms with E-state index in [-0.39, 0.29) is 17.6 Å². The molecule has 7 heteroatoms. The topological polar surface area (TPSA) is 69.4 Å². The number of carbonyl (C=O) groups is 1. The van der Waals surface area contributed by atoms with Crippen molar-refractivity contribution in [1.82, 2.24) is 19.0 Å². The zero-order chi connectivity index (χ0) is 20.2. The van der Waals surface area contributed by atoms with E-state index in [0.29, 0.717) is 31.8 Å². The first-order valence-electron chi connectivity index (χ1n) is 11.0. The minimum Gasteiger partial charge on any atom is -0.383 e. The lowest BCUT2D eigenvalue weighted by Crippen LogP contribution is -2.32. The van der Waals surface area contributed by atoms with Crippen LogP contribution in [0.5, 0.6) is 0 Å². The van der Waals surface area contributed by atoms with Gasteiger partial charge in [0.2, 0.25) is 5.91 Å². The van der Waals surface area contributed by atoms with Crippen molar-refractivity contribution in [2.75, 3.05) is 26.8 Å². The number of amides is 1. The van der Waals surface area contributed by atoms with E-state index in [4.69, 9.17) is 4.74 Å². The first-order valence-corrected chi connectivity index (χ1v) is 11.0. The van der Waals surface area contributed by atoms with Crippen LogP contribution in [0.25, 0.3) is 11.2 Å². The molecular weight excluding hydrogens is 368 g/mol. The fourth-order valence-corrected chi connectivity index (χ4v) is 4.98. The average molecular weight is 401 g/mol. The summed E-state index contributed by atoms with van der Waals surface area (Å²) in [6.07, 6.45) is 10.7. The summed E-state index contributed by atoms with van der Waals surface area (Å²) in [4.78, 5) is 32.3. The van der Waals surface area contributed by atoms with Crippen molar-refractivity contribution < 1.29 is 9.53 Å². The standard InChI is InChI=1S/C22H32N4O3/c1-29-15-14-25-19-8-5-12-23-21(19)26(22(25)28)18-11-13-24(16-18)20(27)10-9-17-6-3-2-4-7-17/h5,8,12,17-18H,2-4,6-7,9-11,13-16H2,1H3/t18-/m1/s1. The number of fused-ring (bicyclic) bond motifs is 1. The molecule has 1 amide bonds. The molecule has 0 unspecified atom stereocenters. The molecule has 2 fully saturated rings. The minimum atomic E-state index is -0.0581. The monoisotopic (exact) mass is 400 g/mol. The van der Waals surface area contributed by atoms with Gasteiger partial charge in [0.25, 0.3) is 0 Å². The maximum Gasteiger partial charge on any atom is 0.330 e. The van der Waals surface area contributed by atoms with E-state index in [2.05, 4.69) is 4.98 Å². The highest BCUT2D eigenvalue weighted by molar-refractivity contribution is 5.76. The van der Waals surface area contributed by atoms with Crippen LogP contribution < -0.4 is 5.69 Å². The van der Waals surface area contributed by atoms with E-state index < -0.39 is 0 Å². The van der Waals surface area contributed by atoms with E-state index in [1.807, 2.05) is 17.0 Å². The number of imidazole rings is 1. The van der Waals surface area contributed by atoms with Crippen molar-refractivity contribution in [2.24, 2.45) is 5.92 Å². The number of hydrogen-bond donors (Lipinski definition) is 0. The second-order valence-electron chi connectivity index (χ2n) is 8.47. The van der Waals surface area contributed by atoms with Crippen LogP contribution in [-0.4, -0.2) is 51.7 Å². The first kappa shape index (κ1) is 20.1. The van der Waals surface area contributed by atoms with Crippen LogP contribution in [0.2, 0.25) is 0 Å². The van der Waals surface area contributed by atoms with Gasteiger partial charge in [-0.05, 0) is 30.9 Å². The van der Waals surface area contributed by atoms with Gasteiger partial charge in [-0.1, -0.05) is 32.1 Å². The number of rotatable bonds is 7. The number of hydrogen-bond acceptors (Lipinski definition) is 4. The summed E-state index contributed by atoms with van der Waals surface area (Å²) in [5.74, 6) is 0.957. The molecule has 0 bridgehead atoms. The van der Waals surface area contributed by atoms with Gasteiger partial charge in [-0.15, -0.1) is 0 Å². The number of ether oxygens (including phenoxy) is 1. The van der Waals surface area contributed by atoms with Crippen LogP contribution >= 0.6 is 0 Å². The average Bonchev–Trinajstić information content (AvgIpc) is 3.33. The van der Waals surface area contributed by atoms with E-state index in [1.165, 1.54) is 32.1 Å². The fourth-order valence-electron chi connectivity index (χ4n) is 4.98. The Balaban J connectivity index is 1.46.